The summed E-state index contributed by atoms with van der Waals surface area (Å²) >= 11 is 1.82. The first-order chi connectivity index (χ1) is 8.94. The maximum atomic E-state index is 5.84. The van der Waals surface area contributed by atoms with Gasteiger partial charge < -0.3 is 10.1 Å². The minimum Gasteiger partial charge on any atom is -0.369 e. The lowest BCUT2D eigenvalue weighted by molar-refractivity contribution is -0.0142. The molecule has 0 unspecified atom stereocenters. The van der Waals surface area contributed by atoms with E-state index in [0.29, 0.717) is 12.0 Å². The molecule has 4 heteroatoms. The van der Waals surface area contributed by atoms with Gasteiger partial charge in [-0.05, 0) is 33.6 Å². The number of thiazole rings is 1. The van der Waals surface area contributed by atoms with E-state index in [1.165, 1.54) is 23.4 Å². The molecule has 108 valence electrons. The van der Waals surface area contributed by atoms with Crippen LogP contribution in [0.25, 0.3) is 0 Å². The first-order valence-electron chi connectivity index (χ1n) is 7.31. The van der Waals surface area contributed by atoms with Crippen molar-refractivity contribution in [2.45, 2.75) is 71.6 Å². The number of ether oxygens (including phenoxy) is 1. The molecule has 0 saturated heterocycles. The largest absolute Gasteiger partial charge is 0.369 e. The molecule has 1 heterocycles. The molecule has 3 nitrogen and oxygen atoms in total. The molecule has 0 spiro atoms. The van der Waals surface area contributed by atoms with Gasteiger partial charge in [-0.15, -0.1) is 11.3 Å². The van der Waals surface area contributed by atoms with Crippen LogP contribution in [0.2, 0.25) is 0 Å². The van der Waals surface area contributed by atoms with E-state index >= 15 is 0 Å². The maximum absolute atomic E-state index is 5.84. The van der Waals surface area contributed by atoms with Crippen molar-refractivity contribution in [1.82, 2.24) is 10.3 Å². The van der Waals surface area contributed by atoms with Crippen molar-refractivity contribution in [2.24, 2.45) is 0 Å². The Labute approximate surface area is 120 Å². The minimum atomic E-state index is -0.265. The highest BCUT2D eigenvalue weighted by Gasteiger charge is 2.33. The van der Waals surface area contributed by atoms with Crippen molar-refractivity contribution >= 4 is 11.3 Å². The van der Waals surface area contributed by atoms with Gasteiger partial charge >= 0.3 is 0 Å². The monoisotopic (exact) mass is 282 g/mol. The number of aromatic nitrogens is 1. The summed E-state index contributed by atoms with van der Waals surface area (Å²) in [6, 6.07) is 0.512. The van der Waals surface area contributed by atoms with E-state index in [0.717, 1.165) is 18.2 Å². The molecule has 19 heavy (non-hydrogen) atoms. The molecule has 0 amide bonds. The van der Waals surface area contributed by atoms with Crippen molar-refractivity contribution < 1.29 is 4.74 Å². The third-order valence-electron chi connectivity index (χ3n) is 3.38. The number of nitrogens with one attached hydrogen (secondary N) is 1. The second-order valence-corrected chi connectivity index (χ2v) is 7.16. The third kappa shape index (κ3) is 3.77. The first kappa shape index (κ1) is 14.9. The van der Waals surface area contributed by atoms with E-state index in [2.05, 4.69) is 33.0 Å². The average molecular weight is 282 g/mol. The summed E-state index contributed by atoms with van der Waals surface area (Å²) in [5.41, 5.74) is 1.06. The Hall–Kier alpha value is -0.450. The Bertz CT molecular complexity index is 422. The molecule has 0 aromatic carbocycles. The summed E-state index contributed by atoms with van der Waals surface area (Å²) in [6.45, 7) is 12.3. The third-order valence-corrected chi connectivity index (χ3v) is 4.76. The molecular formula is C15H26N2OS. The number of nitrogens with zero attached hydrogens (tertiary/aromatic N) is 1. The summed E-state index contributed by atoms with van der Waals surface area (Å²) in [5, 5.41) is 4.63. The zero-order valence-electron chi connectivity index (χ0n) is 12.7. The summed E-state index contributed by atoms with van der Waals surface area (Å²) in [4.78, 5) is 6.30. The lowest BCUT2D eigenvalue weighted by Crippen LogP contribution is -2.21. The molecular weight excluding hydrogens is 256 g/mol. The van der Waals surface area contributed by atoms with Crippen molar-refractivity contribution in [3.05, 3.63) is 15.6 Å². The lowest BCUT2D eigenvalue weighted by atomic mass is 10.1. The normalized spacial score (nSPS) is 16.3. The molecule has 0 atom stereocenters. The molecule has 0 bridgehead atoms. The van der Waals surface area contributed by atoms with Crippen LogP contribution < -0.4 is 5.32 Å². The molecule has 0 radical (unpaired) electrons. The van der Waals surface area contributed by atoms with Crippen LogP contribution in [0.4, 0.5) is 0 Å². The number of hydrogen-bond donors (Lipinski definition) is 1. The molecule has 1 aliphatic rings. The smallest absolute Gasteiger partial charge is 0.125 e. The Kier molecular flexibility index (Phi) is 4.64. The van der Waals surface area contributed by atoms with Gasteiger partial charge in [-0.25, -0.2) is 4.98 Å². The second-order valence-electron chi connectivity index (χ2n) is 6.08. The Balaban J connectivity index is 2.19. The Morgan fingerprint density at radius 1 is 1.42 bits per heavy atom. The van der Waals surface area contributed by atoms with Crippen molar-refractivity contribution in [3.63, 3.8) is 0 Å². The summed E-state index contributed by atoms with van der Waals surface area (Å²) < 4.78 is 5.84. The van der Waals surface area contributed by atoms with E-state index in [1.807, 2.05) is 18.3 Å². The van der Waals surface area contributed by atoms with Crippen molar-refractivity contribution in [1.29, 1.82) is 0 Å². The van der Waals surface area contributed by atoms with Gasteiger partial charge in [-0.2, -0.15) is 0 Å². The molecule has 1 aliphatic carbocycles. The van der Waals surface area contributed by atoms with Crippen LogP contribution >= 0.6 is 11.3 Å². The fraction of sp³-hybridized carbons (Fsp3) is 0.800. The molecule has 1 aromatic heterocycles. The number of rotatable bonds is 7. The molecule has 1 fully saturated rings. The predicted octanol–water partition coefficient (Wildman–Crippen LogP) is 3.79. The van der Waals surface area contributed by atoms with Gasteiger partial charge in [-0.1, -0.05) is 13.8 Å². The van der Waals surface area contributed by atoms with E-state index in [4.69, 9.17) is 9.72 Å². The van der Waals surface area contributed by atoms with Crippen LogP contribution in [0.3, 0.4) is 0 Å². The summed E-state index contributed by atoms with van der Waals surface area (Å²) in [7, 11) is 0. The fourth-order valence-corrected chi connectivity index (χ4v) is 3.30. The van der Waals surface area contributed by atoms with Gasteiger partial charge in [0.15, 0.2) is 0 Å². The van der Waals surface area contributed by atoms with E-state index < -0.39 is 0 Å². The zero-order chi connectivity index (χ0) is 14.0. The van der Waals surface area contributed by atoms with E-state index in [9.17, 15) is 0 Å². The van der Waals surface area contributed by atoms with Crippen LogP contribution in [-0.2, 0) is 16.9 Å². The van der Waals surface area contributed by atoms with Gasteiger partial charge in [0.25, 0.3) is 0 Å². The SMILES string of the molecule is CCOC(C)(C)c1nc(C2CC2)c(CNC(C)C)s1. The average Bonchev–Trinajstić information content (AvgIpc) is 3.06. The molecule has 1 N–H and O–H groups in total. The van der Waals surface area contributed by atoms with Crippen LogP contribution in [-0.4, -0.2) is 17.6 Å². The summed E-state index contributed by atoms with van der Waals surface area (Å²) in [5.74, 6) is 0.700. The Morgan fingerprint density at radius 3 is 2.63 bits per heavy atom. The van der Waals surface area contributed by atoms with Gasteiger partial charge in [-0.3, -0.25) is 0 Å². The van der Waals surface area contributed by atoms with Gasteiger partial charge in [0.2, 0.25) is 0 Å². The first-order valence-corrected chi connectivity index (χ1v) is 8.13. The lowest BCUT2D eigenvalue weighted by Gasteiger charge is -2.21. The zero-order valence-corrected chi connectivity index (χ0v) is 13.6. The highest BCUT2D eigenvalue weighted by Crippen LogP contribution is 2.44. The quantitative estimate of drug-likeness (QED) is 0.826. The van der Waals surface area contributed by atoms with Crippen LogP contribution in [0.15, 0.2) is 0 Å². The molecule has 1 saturated carbocycles. The maximum Gasteiger partial charge on any atom is 0.125 e. The topological polar surface area (TPSA) is 34.1 Å². The second kappa shape index (κ2) is 5.90. The Morgan fingerprint density at radius 2 is 2.11 bits per heavy atom. The van der Waals surface area contributed by atoms with Crippen molar-refractivity contribution in [3.8, 4) is 0 Å². The van der Waals surface area contributed by atoms with Crippen LogP contribution in [0, 0.1) is 0 Å². The van der Waals surface area contributed by atoms with Crippen molar-refractivity contribution in [2.75, 3.05) is 6.61 Å². The van der Waals surface area contributed by atoms with Gasteiger partial charge in [0.1, 0.15) is 10.6 Å². The van der Waals surface area contributed by atoms with Crippen LogP contribution in [0.5, 0.6) is 0 Å². The molecule has 1 aromatic rings. The standard InChI is InChI=1S/C15H26N2OS/c1-6-18-15(4,5)14-17-13(11-7-8-11)12(19-14)9-16-10(2)3/h10-11,16H,6-9H2,1-5H3. The predicted molar refractivity (Wildman–Crippen MR) is 80.7 cm³/mol. The van der Waals surface area contributed by atoms with E-state index in [-0.39, 0.29) is 5.60 Å². The number of hydrogen-bond acceptors (Lipinski definition) is 4. The highest BCUT2D eigenvalue weighted by atomic mass is 32.1. The summed E-state index contributed by atoms with van der Waals surface area (Å²) in [6.07, 6.45) is 2.60. The van der Waals surface area contributed by atoms with Gasteiger partial charge in [0.05, 0.1) is 5.69 Å². The molecule has 0 aliphatic heterocycles. The highest BCUT2D eigenvalue weighted by molar-refractivity contribution is 7.11. The molecule has 2 rings (SSSR count). The van der Waals surface area contributed by atoms with Crippen LogP contribution in [0.1, 0.15) is 69.0 Å². The van der Waals surface area contributed by atoms with E-state index in [1.54, 1.807) is 0 Å². The van der Waals surface area contributed by atoms with Gasteiger partial charge in [0, 0.05) is 30.0 Å². The fourth-order valence-electron chi connectivity index (χ4n) is 2.14. The minimum absolute atomic E-state index is 0.265.